The zero-order valence-electron chi connectivity index (χ0n) is 17.9. The zero-order chi connectivity index (χ0) is 21.0. The van der Waals surface area contributed by atoms with Crippen molar-refractivity contribution in [1.29, 1.82) is 0 Å². The molecule has 1 aliphatic carbocycles. The number of fused-ring (bicyclic) bond motifs is 3. The fourth-order valence-corrected chi connectivity index (χ4v) is 6.12. The third kappa shape index (κ3) is 3.16. The van der Waals surface area contributed by atoms with Crippen LogP contribution in [0.3, 0.4) is 0 Å². The number of aromatic nitrogens is 2. The van der Waals surface area contributed by atoms with Crippen molar-refractivity contribution >= 4 is 23.1 Å². The highest BCUT2D eigenvalue weighted by molar-refractivity contribution is 6.30. The van der Waals surface area contributed by atoms with E-state index in [1.54, 1.807) is 6.33 Å². The van der Waals surface area contributed by atoms with Gasteiger partial charge >= 0.3 is 0 Å². The van der Waals surface area contributed by atoms with Gasteiger partial charge < -0.3 is 4.90 Å². The Morgan fingerprint density at radius 2 is 1.97 bits per heavy atom. The zero-order valence-corrected chi connectivity index (χ0v) is 18.6. The number of hydrogen-bond acceptors (Lipinski definition) is 4. The summed E-state index contributed by atoms with van der Waals surface area (Å²) in [7, 11) is 0. The van der Waals surface area contributed by atoms with Crippen LogP contribution in [0.2, 0.25) is 5.02 Å². The normalized spacial score (nSPS) is 24.7. The Kier molecular flexibility index (Phi) is 4.55. The Bertz CT molecular complexity index is 1130. The number of anilines is 2. The van der Waals surface area contributed by atoms with E-state index in [0.717, 1.165) is 49.9 Å². The molecule has 1 fully saturated rings. The fraction of sp³-hybridized carbons (Fsp3) is 0.385. The molecule has 0 bridgehead atoms. The molecule has 4 nitrogen and oxygen atoms in total. The minimum Gasteiger partial charge on any atom is -0.325 e. The molecule has 0 amide bonds. The highest BCUT2D eigenvalue weighted by Gasteiger charge is 2.48. The van der Waals surface area contributed by atoms with Crippen molar-refractivity contribution in [2.45, 2.75) is 44.1 Å². The molecule has 2 aliphatic heterocycles. The van der Waals surface area contributed by atoms with Gasteiger partial charge in [-0.3, -0.25) is 4.90 Å². The lowest BCUT2D eigenvalue weighted by Gasteiger charge is -2.27. The number of likely N-dealkylation sites (tertiary alicyclic amines) is 1. The van der Waals surface area contributed by atoms with Crippen molar-refractivity contribution in [1.82, 2.24) is 14.9 Å². The molecule has 2 aromatic carbocycles. The molecule has 3 heterocycles. The van der Waals surface area contributed by atoms with Crippen molar-refractivity contribution < 1.29 is 0 Å². The first-order chi connectivity index (χ1) is 15.1. The fourth-order valence-electron chi connectivity index (χ4n) is 5.95. The van der Waals surface area contributed by atoms with Crippen LogP contribution in [0, 0.1) is 0 Å². The molecule has 158 valence electrons. The minimum absolute atomic E-state index is 0.0920. The molecule has 5 heteroatoms. The summed E-state index contributed by atoms with van der Waals surface area (Å²) in [6.07, 6.45) is 5.12. The first-order valence-electron chi connectivity index (χ1n) is 11.3. The number of benzene rings is 2. The Balaban J connectivity index is 1.38. The van der Waals surface area contributed by atoms with E-state index in [9.17, 15) is 0 Å². The van der Waals surface area contributed by atoms with Gasteiger partial charge in [0.05, 0.1) is 0 Å². The quantitative estimate of drug-likeness (QED) is 0.551. The molecule has 2 atom stereocenters. The third-order valence-electron chi connectivity index (χ3n) is 7.47. The molecular formula is C26H27ClN4. The molecule has 1 aromatic heterocycles. The van der Waals surface area contributed by atoms with Crippen molar-refractivity contribution in [3.05, 3.63) is 82.3 Å². The average Bonchev–Trinajstić information content (AvgIpc) is 3.46. The Morgan fingerprint density at radius 1 is 1.10 bits per heavy atom. The lowest BCUT2D eigenvalue weighted by Crippen LogP contribution is -2.35. The summed E-state index contributed by atoms with van der Waals surface area (Å²) in [5, 5.41) is 0.822. The maximum atomic E-state index is 6.50. The monoisotopic (exact) mass is 430 g/mol. The van der Waals surface area contributed by atoms with E-state index in [4.69, 9.17) is 16.6 Å². The van der Waals surface area contributed by atoms with Gasteiger partial charge in [0.2, 0.25) is 0 Å². The summed E-state index contributed by atoms with van der Waals surface area (Å²) in [6, 6.07) is 17.2. The largest absolute Gasteiger partial charge is 0.325 e. The Hall–Kier alpha value is -2.43. The first kappa shape index (κ1) is 19.3. The molecule has 2 unspecified atom stereocenters. The molecule has 1 saturated heterocycles. The van der Waals surface area contributed by atoms with Crippen LogP contribution in [0.15, 0.2) is 54.9 Å². The van der Waals surface area contributed by atoms with Gasteiger partial charge in [-0.05, 0) is 61.1 Å². The molecule has 0 N–H and O–H groups in total. The van der Waals surface area contributed by atoms with Crippen molar-refractivity contribution in [2.75, 3.05) is 24.5 Å². The summed E-state index contributed by atoms with van der Waals surface area (Å²) in [6.45, 7) is 6.43. The number of halogens is 1. The van der Waals surface area contributed by atoms with Gasteiger partial charge in [-0.15, -0.1) is 0 Å². The van der Waals surface area contributed by atoms with Crippen LogP contribution in [-0.4, -0.2) is 34.5 Å². The molecular weight excluding hydrogens is 404 g/mol. The van der Waals surface area contributed by atoms with Crippen molar-refractivity contribution in [3.8, 4) is 0 Å². The topological polar surface area (TPSA) is 32.3 Å². The lowest BCUT2D eigenvalue weighted by molar-refractivity contribution is 0.307. The van der Waals surface area contributed by atoms with Crippen LogP contribution < -0.4 is 4.90 Å². The van der Waals surface area contributed by atoms with E-state index in [1.165, 1.54) is 34.5 Å². The second kappa shape index (κ2) is 7.32. The predicted molar refractivity (Wildman–Crippen MR) is 125 cm³/mol. The van der Waals surface area contributed by atoms with E-state index < -0.39 is 0 Å². The maximum Gasteiger partial charge on any atom is 0.140 e. The first-order valence-corrected chi connectivity index (χ1v) is 11.7. The number of rotatable bonds is 3. The highest BCUT2D eigenvalue weighted by atomic mass is 35.5. The van der Waals surface area contributed by atoms with Crippen LogP contribution in [0.5, 0.6) is 0 Å². The van der Waals surface area contributed by atoms with Gasteiger partial charge in [0.1, 0.15) is 12.1 Å². The summed E-state index contributed by atoms with van der Waals surface area (Å²) in [4.78, 5) is 14.5. The molecule has 0 saturated carbocycles. The molecule has 3 aliphatic rings. The predicted octanol–water partition coefficient (Wildman–Crippen LogP) is 5.48. The summed E-state index contributed by atoms with van der Waals surface area (Å²) >= 11 is 6.50. The molecule has 6 rings (SSSR count). The minimum atomic E-state index is 0.0920. The maximum absolute atomic E-state index is 6.50. The molecule has 3 aromatic rings. The van der Waals surface area contributed by atoms with Crippen molar-refractivity contribution in [2.24, 2.45) is 0 Å². The number of nitrogens with zero attached hydrogens (tertiary/aromatic N) is 4. The van der Waals surface area contributed by atoms with E-state index in [-0.39, 0.29) is 5.41 Å². The van der Waals surface area contributed by atoms with Gasteiger partial charge in [0.15, 0.2) is 0 Å². The second-order valence-corrected chi connectivity index (χ2v) is 9.91. The van der Waals surface area contributed by atoms with Gasteiger partial charge in [0.25, 0.3) is 0 Å². The molecule has 0 radical (unpaired) electrons. The van der Waals surface area contributed by atoms with E-state index >= 15 is 0 Å². The van der Waals surface area contributed by atoms with Crippen molar-refractivity contribution in [3.63, 3.8) is 0 Å². The highest BCUT2D eigenvalue weighted by Crippen LogP contribution is 2.51. The summed E-state index contributed by atoms with van der Waals surface area (Å²) in [5.41, 5.74) is 6.70. The van der Waals surface area contributed by atoms with Crippen LogP contribution in [0.1, 0.15) is 48.1 Å². The number of aryl methyl sites for hydroxylation is 1. The van der Waals surface area contributed by atoms with Crippen LogP contribution in [0.4, 0.5) is 11.5 Å². The lowest BCUT2D eigenvalue weighted by atomic mass is 9.81. The second-order valence-electron chi connectivity index (χ2n) is 9.47. The van der Waals surface area contributed by atoms with Gasteiger partial charge in [-0.1, -0.05) is 48.9 Å². The summed E-state index contributed by atoms with van der Waals surface area (Å²) in [5.74, 6) is 1.62. The van der Waals surface area contributed by atoms with Crippen LogP contribution in [-0.2, 0) is 18.4 Å². The van der Waals surface area contributed by atoms with Gasteiger partial charge in [-0.25, -0.2) is 9.97 Å². The van der Waals surface area contributed by atoms with Crippen LogP contribution >= 0.6 is 11.6 Å². The number of hydrogen-bond donors (Lipinski definition) is 0. The Morgan fingerprint density at radius 3 is 2.84 bits per heavy atom. The smallest absolute Gasteiger partial charge is 0.140 e. The molecule has 1 spiro atoms. The molecule has 31 heavy (non-hydrogen) atoms. The average molecular weight is 431 g/mol. The SMILES string of the molecule is CC1CCc2ncnc(N3CC4(CCN(Cc5ccccc5)C4)c4cc(Cl)ccc43)c21. The standard InChI is InChI=1S/C26H27ClN4/c1-18-7-9-22-24(18)25(29-17-28-22)31-16-26(21-13-20(27)8-10-23(21)31)11-12-30(15-26)14-19-5-3-2-4-6-19/h2-6,8,10,13,17-18H,7,9,11-12,14-16H2,1H3. The van der Waals surface area contributed by atoms with E-state index in [1.807, 2.05) is 6.07 Å². The van der Waals surface area contributed by atoms with Crippen LogP contribution in [0.25, 0.3) is 0 Å². The Labute approximate surface area is 188 Å². The van der Waals surface area contributed by atoms with Gasteiger partial charge in [0, 0.05) is 47.0 Å². The van der Waals surface area contributed by atoms with E-state index in [0.29, 0.717) is 5.92 Å². The van der Waals surface area contributed by atoms with Gasteiger partial charge in [-0.2, -0.15) is 0 Å². The third-order valence-corrected chi connectivity index (χ3v) is 7.71. The van der Waals surface area contributed by atoms with E-state index in [2.05, 4.69) is 64.2 Å². The summed E-state index contributed by atoms with van der Waals surface area (Å²) < 4.78 is 0.